The summed E-state index contributed by atoms with van der Waals surface area (Å²) in [7, 11) is 0. The number of pyridine rings is 1. The van der Waals surface area contributed by atoms with Crippen LogP contribution in [0.5, 0.6) is 0 Å². The maximum atomic E-state index is 12.5. The number of fused-ring (bicyclic) bond motifs is 2. The quantitative estimate of drug-likeness (QED) is 0.700. The number of imidazole rings is 1. The van der Waals surface area contributed by atoms with Gasteiger partial charge < -0.3 is 15.5 Å². The molecule has 2 amide bonds. The average molecular weight is 403 g/mol. The smallest absolute Gasteiger partial charge is 0.251 e. The summed E-state index contributed by atoms with van der Waals surface area (Å²) in [6.45, 7) is 2.19. The first-order valence-corrected chi connectivity index (χ1v) is 9.97. The average Bonchev–Trinajstić information content (AvgIpc) is 3.13. The fourth-order valence-corrected chi connectivity index (χ4v) is 5.14. The highest BCUT2D eigenvalue weighted by molar-refractivity contribution is 7.17. The lowest BCUT2D eigenvalue weighted by atomic mass is 9.88. The second kappa shape index (κ2) is 6.98. The molecule has 0 aromatic carbocycles. The zero-order valence-electron chi connectivity index (χ0n) is 14.8. The van der Waals surface area contributed by atoms with E-state index in [2.05, 4.69) is 17.2 Å². The normalized spacial score (nSPS) is 16.3. The molecule has 1 aliphatic rings. The molecular weight excluding hydrogens is 384 g/mol. The zero-order valence-corrected chi connectivity index (χ0v) is 16.4. The van der Waals surface area contributed by atoms with Gasteiger partial charge in [0, 0.05) is 17.3 Å². The number of hydrogen-bond acceptors (Lipinski definition) is 4. The van der Waals surface area contributed by atoms with Gasteiger partial charge in [0.05, 0.1) is 22.7 Å². The fraction of sp³-hybridized carbons (Fsp3) is 0.316. The number of nitrogens with zero attached hydrogens (tertiary/aromatic N) is 2. The Bertz CT molecular complexity index is 1060. The molecule has 0 bridgehead atoms. The van der Waals surface area contributed by atoms with E-state index < -0.39 is 5.91 Å². The number of hydrogen-bond donors (Lipinski definition) is 2. The lowest BCUT2D eigenvalue weighted by molar-refractivity contribution is -0.115. The number of nitrogens with two attached hydrogens (primary N) is 1. The molecule has 8 heteroatoms. The highest BCUT2D eigenvalue weighted by Crippen LogP contribution is 2.39. The van der Waals surface area contributed by atoms with Crippen molar-refractivity contribution in [3.05, 3.63) is 51.2 Å². The van der Waals surface area contributed by atoms with Gasteiger partial charge in [0.2, 0.25) is 5.91 Å². The number of primary amides is 1. The van der Waals surface area contributed by atoms with Crippen LogP contribution >= 0.6 is 22.9 Å². The molecule has 3 N–H and O–H groups in total. The molecule has 0 spiro atoms. The van der Waals surface area contributed by atoms with Crippen LogP contribution < -0.4 is 11.1 Å². The third-order valence-corrected chi connectivity index (χ3v) is 6.21. The Morgan fingerprint density at radius 2 is 2.22 bits per heavy atom. The van der Waals surface area contributed by atoms with E-state index >= 15 is 0 Å². The largest absolute Gasteiger partial charge is 0.365 e. The molecule has 3 heterocycles. The van der Waals surface area contributed by atoms with Gasteiger partial charge in [-0.15, -0.1) is 11.3 Å². The SMILES string of the molecule is CC1CCc2c(sc(NC(=O)Cc3cn4cc(Cl)ccc4n3)c2C(N)=O)C1. The lowest BCUT2D eigenvalue weighted by Crippen LogP contribution is -2.20. The van der Waals surface area contributed by atoms with Crippen LogP contribution in [0.25, 0.3) is 5.65 Å². The number of carbonyl (C=O) groups excluding carboxylic acids is 2. The first-order valence-electron chi connectivity index (χ1n) is 8.78. The van der Waals surface area contributed by atoms with Crippen LogP contribution in [-0.2, 0) is 24.1 Å². The summed E-state index contributed by atoms with van der Waals surface area (Å²) >= 11 is 7.44. The predicted molar refractivity (Wildman–Crippen MR) is 107 cm³/mol. The molecule has 0 saturated heterocycles. The molecule has 6 nitrogen and oxygen atoms in total. The number of halogens is 1. The Hall–Kier alpha value is -2.38. The number of amides is 2. The topological polar surface area (TPSA) is 89.5 Å². The standard InChI is InChI=1S/C19H19ClN4O2S/c1-10-2-4-13-14(6-10)27-19(17(13)18(21)26)23-16(25)7-12-9-24-8-11(20)3-5-15(24)22-12/h3,5,8-10H,2,4,6-7H2,1H3,(H2,21,26)(H,23,25). The van der Waals surface area contributed by atoms with Gasteiger partial charge in [-0.1, -0.05) is 18.5 Å². The monoisotopic (exact) mass is 402 g/mol. The summed E-state index contributed by atoms with van der Waals surface area (Å²) in [5.41, 5.74) is 8.42. The molecular formula is C19H19ClN4O2S. The summed E-state index contributed by atoms with van der Waals surface area (Å²) in [5.74, 6) is -0.136. The summed E-state index contributed by atoms with van der Waals surface area (Å²) in [6.07, 6.45) is 6.40. The second-order valence-electron chi connectivity index (χ2n) is 6.99. The zero-order chi connectivity index (χ0) is 19.1. The van der Waals surface area contributed by atoms with Crippen molar-refractivity contribution in [1.29, 1.82) is 0 Å². The van der Waals surface area contributed by atoms with E-state index in [4.69, 9.17) is 17.3 Å². The van der Waals surface area contributed by atoms with Crippen LogP contribution in [0.1, 0.15) is 39.8 Å². The van der Waals surface area contributed by atoms with E-state index in [9.17, 15) is 9.59 Å². The number of carbonyl (C=O) groups is 2. The van der Waals surface area contributed by atoms with Gasteiger partial charge in [-0.3, -0.25) is 9.59 Å². The van der Waals surface area contributed by atoms with Gasteiger partial charge in [0.25, 0.3) is 5.91 Å². The van der Waals surface area contributed by atoms with Crippen LogP contribution in [0.2, 0.25) is 5.02 Å². The molecule has 1 unspecified atom stereocenters. The first-order chi connectivity index (χ1) is 12.9. The van der Waals surface area contributed by atoms with E-state index in [0.29, 0.717) is 27.2 Å². The Balaban J connectivity index is 1.56. The number of rotatable bonds is 4. The number of thiophene rings is 1. The van der Waals surface area contributed by atoms with Gasteiger partial charge in [-0.05, 0) is 42.9 Å². The predicted octanol–water partition coefficient (Wildman–Crippen LogP) is 3.45. The van der Waals surface area contributed by atoms with Gasteiger partial charge >= 0.3 is 0 Å². The molecule has 0 fully saturated rings. The van der Waals surface area contributed by atoms with Crippen LogP contribution in [0, 0.1) is 5.92 Å². The van der Waals surface area contributed by atoms with Crippen molar-refractivity contribution in [2.75, 3.05) is 5.32 Å². The summed E-state index contributed by atoms with van der Waals surface area (Å²) in [6, 6.07) is 3.55. The van der Waals surface area contributed by atoms with Gasteiger partial charge in [0.1, 0.15) is 10.6 Å². The van der Waals surface area contributed by atoms with Crippen molar-refractivity contribution in [2.45, 2.75) is 32.6 Å². The number of anilines is 1. The first kappa shape index (κ1) is 18.0. The summed E-state index contributed by atoms with van der Waals surface area (Å²) < 4.78 is 1.78. The highest BCUT2D eigenvalue weighted by atomic mass is 35.5. The van der Waals surface area contributed by atoms with E-state index in [1.54, 1.807) is 28.9 Å². The molecule has 0 aliphatic heterocycles. The van der Waals surface area contributed by atoms with Crippen molar-refractivity contribution >= 4 is 45.4 Å². The van der Waals surface area contributed by atoms with Crippen LogP contribution in [0.3, 0.4) is 0 Å². The molecule has 1 aliphatic carbocycles. The Labute approximate surface area is 165 Å². The molecule has 3 aromatic rings. The number of nitrogens with one attached hydrogen (secondary N) is 1. The van der Waals surface area contributed by atoms with E-state index in [1.807, 2.05) is 0 Å². The van der Waals surface area contributed by atoms with Crippen molar-refractivity contribution in [3.63, 3.8) is 0 Å². The van der Waals surface area contributed by atoms with Crippen LogP contribution in [-0.4, -0.2) is 21.2 Å². The molecule has 4 rings (SSSR count). The van der Waals surface area contributed by atoms with Crippen molar-refractivity contribution < 1.29 is 9.59 Å². The minimum absolute atomic E-state index is 0.108. The van der Waals surface area contributed by atoms with E-state index in [0.717, 1.165) is 35.4 Å². The van der Waals surface area contributed by atoms with Crippen molar-refractivity contribution in [3.8, 4) is 0 Å². The molecule has 0 saturated carbocycles. The maximum Gasteiger partial charge on any atom is 0.251 e. The third kappa shape index (κ3) is 3.57. The second-order valence-corrected chi connectivity index (χ2v) is 8.53. The minimum atomic E-state index is -0.486. The van der Waals surface area contributed by atoms with Crippen LogP contribution in [0.4, 0.5) is 5.00 Å². The van der Waals surface area contributed by atoms with Crippen LogP contribution in [0.15, 0.2) is 24.5 Å². The Morgan fingerprint density at radius 3 is 3.00 bits per heavy atom. The minimum Gasteiger partial charge on any atom is -0.365 e. The summed E-state index contributed by atoms with van der Waals surface area (Å²) in [4.78, 5) is 30.1. The Morgan fingerprint density at radius 1 is 1.41 bits per heavy atom. The fourth-order valence-electron chi connectivity index (χ4n) is 3.54. The highest BCUT2D eigenvalue weighted by Gasteiger charge is 2.27. The van der Waals surface area contributed by atoms with Crippen molar-refractivity contribution in [1.82, 2.24) is 9.38 Å². The van der Waals surface area contributed by atoms with Gasteiger partial charge in [0.15, 0.2) is 0 Å². The molecule has 27 heavy (non-hydrogen) atoms. The molecule has 3 aromatic heterocycles. The lowest BCUT2D eigenvalue weighted by Gasteiger charge is -2.18. The van der Waals surface area contributed by atoms with Crippen molar-refractivity contribution in [2.24, 2.45) is 11.7 Å². The summed E-state index contributed by atoms with van der Waals surface area (Å²) in [5, 5.41) is 4.02. The number of aromatic nitrogens is 2. The van der Waals surface area contributed by atoms with E-state index in [-0.39, 0.29) is 12.3 Å². The molecule has 1 atom stereocenters. The van der Waals surface area contributed by atoms with Gasteiger partial charge in [-0.25, -0.2) is 4.98 Å². The maximum absolute atomic E-state index is 12.5. The van der Waals surface area contributed by atoms with E-state index in [1.165, 1.54) is 11.3 Å². The molecule has 0 radical (unpaired) electrons. The van der Waals surface area contributed by atoms with Gasteiger partial charge in [-0.2, -0.15) is 0 Å². The third-order valence-electron chi connectivity index (χ3n) is 4.82. The molecule has 140 valence electrons. The Kier molecular flexibility index (Phi) is 4.65.